The third-order valence-corrected chi connectivity index (χ3v) is 3.92. The number of rotatable bonds is 7. The molecule has 1 aromatic heterocycles. The van der Waals surface area contributed by atoms with Crippen molar-refractivity contribution >= 4 is 33.5 Å². The van der Waals surface area contributed by atoms with Crippen molar-refractivity contribution in [3.05, 3.63) is 45.7 Å². The summed E-state index contributed by atoms with van der Waals surface area (Å²) in [4.78, 5) is 21.0. The first-order valence-corrected chi connectivity index (χ1v) is 8.45. The van der Waals surface area contributed by atoms with E-state index in [1.54, 1.807) is 13.2 Å². The Labute approximate surface area is 150 Å². The average molecular weight is 393 g/mol. The van der Waals surface area contributed by atoms with Gasteiger partial charge >= 0.3 is 0 Å². The standard InChI is InChI=1S/C17H21BrN4O2/c1-11-5-6-14(13(18)9-11)21-16(23)15-10-12(2)20-17(22-15)19-7-4-8-24-3/h5-6,9-10H,4,7-8H2,1-3H3,(H,21,23)(H,19,20,22). The van der Waals surface area contributed by atoms with Crippen LogP contribution in [0.25, 0.3) is 0 Å². The lowest BCUT2D eigenvalue weighted by Gasteiger charge is -2.10. The van der Waals surface area contributed by atoms with Crippen LogP contribution in [0.2, 0.25) is 0 Å². The fourth-order valence-corrected chi connectivity index (χ4v) is 2.68. The number of amides is 1. The molecular weight excluding hydrogens is 372 g/mol. The third-order valence-electron chi connectivity index (χ3n) is 3.27. The number of carbonyl (C=O) groups excluding carboxylic acids is 1. The Kier molecular flexibility index (Phi) is 6.69. The van der Waals surface area contributed by atoms with Gasteiger partial charge in [-0.3, -0.25) is 4.79 Å². The number of hydrogen-bond donors (Lipinski definition) is 2. The number of methoxy groups -OCH3 is 1. The molecule has 2 aromatic rings. The van der Waals surface area contributed by atoms with Crippen LogP contribution in [0.5, 0.6) is 0 Å². The highest BCUT2D eigenvalue weighted by Gasteiger charge is 2.12. The minimum absolute atomic E-state index is 0.273. The minimum Gasteiger partial charge on any atom is -0.385 e. The number of ether oxygens (including phenoxy) is 1. The molecule has 7 heteroatoms. The lowest BCUT2D eigenvalue weighted by Crippen LogP contribution is -2.17. The van der Waals surface area contributed by atoms with Crippen LogP contribution in [0.1, 0.15) is 28.2 Å². The second-order valence-corrected chi connectivity index (χ2v) is 6.28. The maximum Gasteiger partial charge on any atom is 0.274 e. The molecule has 0 fully saturated rings. The highest BCUT2D eigenvalue weighted by Crippen LogP contribution is 2.23. The molecule has 2 N–H and O–H groups in total. The Morgan fingerprint density at radius 3 is 2.75 bits per heavy atom. The van der Waals surface area contributed by atoms with Gasteiger partial charge in [0.1, 0.15) is 5.69 Å². The van der Waals surface area contributed by atoms with Crippen molar-refractivity contribution in [2.75, 3.05) is 30.9 Å². The molecule has 24 heavy (non-hydrogen) atoms. The molecular formula is C17H21BrN4O2. The van der Waals surface area contributed by atoms with Crippen molar-refractivity contribution in [2.45, 2.75) is 20.3 Å². The maximum absolute atomic E-state index is 12.5. The van der Waals surface area contributed by atoms with Gasteiger partial charge in [-0.25, -0.2) is 9.97 Å². The fraction of sp³-hybridized carbons (Fsp3) is 0.353. The Hall–Kier alpha value is -1.99. The van der Waals surface area contributed by atoms with Crippen molar-refractivity contribution in [1.29, 1.82) is 0 Å². The van der Waals surface area contributed by atoms with Crippen molar-refractivity contribution in [2.24, 2.45) is 0 Å². The van der Waals surface area contributed by atoms with Crippen LogP contribution in [0.3, 0.4) is 0 Å². The predicted octanol–water partition coefficient (Wildman–Crippen LogP) is 3.56. The summed E-state index contributed by atoms with van der Waals surface area (Å²) >= 11 is 3.45. The summed E-state index contributed by atoms with van der Waals surface area (Å²) in [7, 11) is 1.66. The number of nitrogens with zero attached hydrogens (tertiary/aromatic N) is 2. The van der Waals surface area contributed by atoms with Gasteiger partial charge in [0.2, 0.25) is 5.95 Å². The lowest BCUT2D eigenvalue weighted by atomic mass is 10.2. The fourth-order valence-electron chi connectivity index (χ4n) is 2.09. The quantitative estimate of drug-likeness (QED) is 0.704. The van der Waals surface area contributed by atoms with E-state index in [0.29, 0.717) is 30.5 Å². The van der Waals surface area contributed by atoms with E-state index in [-0.39, 0.29) is 5.91 Å². The van der Waals surface area contributed by atoms with Gasteiger partial charge in [-0.1, -0.05) is 6.07 Å². The minimum atomic E-state index is -0.273. The zero-order chi connectivity index (χ0) is 17.5. The van der Waals surface area contributed by atoms with Gasteiger partial charge in [0.05, 0.1) is 5.69 Å². The molecule has 6 nitrogen and oxygen atoms in total. The van der Waals surface area contributed by atoms with E-state index >= 15 is 0 Å². The average Bonchev–Trinajstić information content (AvgIpc) is 2.53. The summed E-state index contributed by atoms with van der Waals surface area (Å²) < 4.78 is 5.83. The van der Waals surface area contributed by atoms with E-state index in [4.69, 9.17) is 4.74 Å². The molecule has 128 valence electrons. The Bertz CT molecular complexity index is 722. The van der Waals surface area contributed by atoms with Gasteiger partial charge in [-0.2, -0.15) is 0 Å². The summed E-state index contributed by atoms with van der Waals surface area (Å²) in [5.74, 6) is 0.171. The van der Waals surface area contributed by atoms with Crippen molar-refractivity contribution < 1.29 is 9.53 Å². The Balaban J connectivity index is 2.09. The molecule has 1 heterocycles. The zero-order valence-electron chi connectivity index (χ0n) is 14.0. The van der Waals surface area contributed by atoms with Gasteiger partial charge in [0.25, 0.3) is 5.91 Å². The first-order valence-electron chi connectivity index (χ1n) is 7.65. The Morgan fingerprint density at radius 1 is 1.25 bits per heavy atom. The first kappa shape index (κ1) is 18.4. The second-order valence-electron chi connectivity index (χ2n) is 5.43. The number of hydrogen-bond acceptors (Lipinski definition) is 5. The van der Waals surface area contributed by atoms with Crippen LogP contribution in [0.4, 0.5) is 11.6 Å². The number of halogens is 1. The smallest absolute Gasteiger partial charge is 0.274 e. The van der Waals surface area contributed by atoms with E-state index in [1.807, 2.05) is 32.0 Å². The number of anilines is 2. The van der Waals surface area contributed by atoms with Gasteiger partial charge < -0.3 is 15.4 Å². The molecule has 0 aliphatic carbocycles. The molecule has 1 amide bonds. The summed E-state index contributed by atoms with van der Waals surface area (Å²) in [6.07, 6.45) is 0.839. The third kappa shape index (κ3) is 5.28. The first-order chi connectivity index (χ1) is 11.5. The summed E-state index contributed by atoms with van der Waals surface area (Å²) in [6.45, 7) is 5.17. The molecule has 1 aromatic carbocycles. The van der Waals surface area contributed by atoms with Crippen LogP contribution in [-0.4, -0.2) is 36.1 Å². The van der Waals surface area contributed by atoms with Crippen LogP contribution < -0.4 is 10.6 Å². The van der Waals surface area contributed by atoms with Crippen LogP contribution in [-0.2, 0) is 4.74 Å². The molecule has 0 bridgehead atoms. The number of benzene rings is 1. The molecule has 0 atom stereocenters. The van der Waals surface area contributed by atoms with E-state index in [1.165, 1.54) is 0 Å². The zero-order valence-corrected chi connectivity index (χ0v) is 15.6. The molecule has 0 aliphatic heterocycles. The molecule has 0 saturated carbocycles. The number of nitrogens with one attached hydrogen (secondary N) is 2. The van der Waals surface area contributed by atoms with Gasteiger partial charge in [-0.05, 0) is 60.0 Å². The topological polar surface area (TPSA) is 76.1 Å². The summed E-state index contributed by atoms with van der Waals surface area (Å²) in [5.41, 5.74) is 2.87. The van der Waals surface area contributed by atoms with E-state index in [9.17, 15) is 4.79 Å². The van der Waals surface area contributed by atoms with Gasteiger partial charge in [0, 0.05) is 30.4 Å². The van der Waals surface area contributed by atoms with E-state index in [0.717, 1.165) is 22.2 Å². The highest BCUT2D eigenvalue weighted by atomic mass is 79.9. The Morgan fingerprint density at radius 2 is 2.04 bits per heavy atom. The largest absolute Gasteiger partial charge is 0.385 e. The molecule has 0 unspecified atom stereocenters. The van der Waals surface area contributed by atoms with E-state index in [2.05, 4.69) is 36.5 Å². The molecule has 0 radical (unpaired) electrons. The van der Waals surface area contributed by atoms with Crippen molar-refractivity contribution in [3.63, 3.8) is 0 Å². The monoisotopic (exact) mass is 392 g/mol. The second kappa shape index (κ2) is 8.75. The molecule has 0 spiro atoms. The van der Waals surface area contributed by atoms with Crippen LogP contribution in [0, 0.1) is 13.8 Å². The number of aromatic nitrogens is 2. The van der Waals surface area contributed by atoms with E-state index < -0.39 is 0 Å². The maximum atomic E-state index is 12.5. The van der Waals surface area contributed by atoms with Crippen LogP contribution in [0.15, 0.2) is 28.7 Å². The SMILES string of the molecule is COCCCNc1nc(C)cc(C(=O)Nc2ccc(C)cc2Br)n1. The van der Waals surface area contributed by atoms with Crippen molar-refractivity contribution in [3.8, 4) is 0 Å². The van der Waals surface area contributed by atoms with Crippen molar-refractivity contribution in [1.82, 2.24) is 9.97 Å². The number of carbonyl (C=O) groups is 1. The number of aryl methyl sites for hydroxylation is 2. The van der Waals surface area contributed by atoms with Gasteiger partial charge in [-0.15, -0.1) is 0 Å². The summed E-state index contributed by atoms with van der Waals surface area (Å²) in [5, 5.41) is 5.97. The van der Waals surface area contributed by atoms with Crippen LogP contribution >= 0.6 is 15.9 Å². The highest BCUT2D eigenvalue weighted by molar-refractivity contribution is 9.10. The lowest BCUT2D eigenvalue weighted by molar-refractivity contribution is 0.102. The summed E-state index contributed by atoms with van der Waals surface area (Å²) in [6, 6.07) is 7.41. The van der Waals surface area contributed by atoms with Gasteiger partial charge in [0.15, 0.2) is 0 Å². The molecule has 0 aliphatic rings. The predicted molar refractivity (Wildman–Crippen MR) is 98.6 cm³/mol. The molecule has 0 saturated heterocycles. The molecule has 2 rings (SSSR count). The normalized spacial score (nSPS) is 10.5.